The molecule has 2 aromatic carbocycles. The molecule has 1 fully saturated rings. The van der Waals surface area contributed by atoms with Crippen molar-refractivity contribution in [1.82, 2.24) is 4.90 Å². The average Bonchev–Trinajstić information content (AvgIpc) is 2.75. The summed E-state index contributed by atoms with van der Waals surface area (Å²) >= 11 is 0. The number of ether oxygens (including phenoxy) is 1. The van der Waals surface area contributed by atoms with Gasteiger partial charge in [-0.1, -0.05) is 60.7 Å². The van der Waals surface area contributed by atoms with Crippen LogP contribution in [0.4, 0.5) is 4.79 Å². The van der Waals surface area contributed by atoms with Gasteiger partial charge in [0.15, 0.2) is 6.04 Å². The molecule has 1 amide bonds. The van der Waals surface area contributed by atoms with Crippen molar-refractivity contribution >= 4 is 12.1 Å². The molecule has 1 saturated heterocycles. The first-order chi connectivity index (χ1) is 9.75. The molecule has 0 spiro atoms. The first kappa shape index (κ1) is 12.4. The van der Waals surface area contributed by atoms with Gasteiger partial charge < -0.3 is 4.74 Å². The van der Waals surface area contributed by atoms with Crippen LogP contribution in [0.1, 0.15) is 17.2 Å². The van der Waals surface area contributed by atoms with Crippen LogP contribution in [0.5, 0.6) is 0 Å². The summed E-state index contributed by atoms with van der Waals surface area (Å²) in [7, 11) is 0. The maximum Gasteiger partial charge on any atom is 0.418 e. The molecule has 0 saturated carbocycles. The van der Waals surface area contributed by atoms with Gasteiger partial charge in [-0.05, 0) is 11.1 Å². The van der Waals surface area contributed by atoms with Crippen molar-refractivity contribution in [1.29, 1.82) is 0 Å². The highest BCUT2D eigenvalue weighted by Crippen LogP contribution is 2.30. The van der Waals surface area contributed by atoms with Crippen LogP contribution in [0.2, 0.25) is 0 Å². The Balaban J connectivity index is 1.91. The van der Waals surface area contributed by atoms with Crippen LogP contribution >= 0.6 is 0 Å². The zero-order valence-electron chi connectivity index (χ0n) is 10.7. The molecule has 1 aliphatic rings. The molecule has 0 radical (unpaired) electrons. The van der Waals surface area contributed by atoms with Gasteiger partial charge in [-0.15, -0.1) is 0 Å². The average molecular weight is 267 g/mol. The standard InChI is InChI=1S/C16H13NO3/c18-15-14(13-9-5-2-6-10-13)17(16(19)20-15)11-12-7-3-1-4-8-12/h1-10,14H,11H2/t14-/m0/s1. The fourth-order valence-corrected chi connectivity index (χ4v) is 2.32. The van der Waals surface area contributed by atoms with Crippen molar-refractivity contribution in [3.8, 4) is 0 Å². The zero-order chi connectivity index (χ0) is 13.9. The molecule has 100 valence electrons. The lowest BCUT2D eigenvalue weighted by Gasteiger charge is -2.20. The van der Waals surface area contributed by atoms with E-state index in [4.69, 9.17) is 4.74 Å². The van der Waals surface area contributed by atoms with Crippen molar-refractivity contribution in [3.63, 3.8) is 0 Å². The van der Waals surface area contributed by atoms with Gasteiger partial charge in [0, 0.05) is 0 Å². The lowest BCUT2D eigenvalue weighted by molar-refractivity contribution is -0.136. The van der Waals surface area contributed by atoms with E-state index in [1.54, 1.807) is 0 Å². The molecule has 1 aliphatic heterocycles. The summed E-state index contributed by atoms with van der Waals surface area (Å²) in [6.07, 6.45) is -0.590. The molecule has 0 aromatic heterocycles. The molecule has 20 heavy (non-hydrogen) atoms. The van der Waals surface area contributed by atoms with Gasteiger partial charge >= 0.3 is 12.1 Å². The second-order valence-corrected chi connectivity index (χ2v) is 4.61. The molecular weight excluding hydrogens is 254 g/mol. The number of hydrogen-bond acceptors (Lipinski definition) is 3. The van der Waals surface area contributed by atoms with Crippen LogP contribution in [0.15, 0.2) is 60.7 Å². The van der Waals surface area contributed by atoms with E-state index in [0.29, 0.717) is 6.54 Å². The molecule has 4 nitrogen and oxygen atoms in total. The van der Waals surface area contributed by atoms with Gasteiger partial charge in [0.1, 0.15) is 0 Å². The molecule has 0 N–H and O–H groups in total. The van der Waals surface area contributed by atoms with Gasteiger partial charge in [0.25, 0.3) is 0 Å². The molecule has 0 unspecified atom stereocenters. The number of benzene rings is 2. The van der Waals surface area contributed by atoms with Crippen LogP contribution in [-0.2, 0) is 16.1 Å². The second kappa shape index (κ2) is 5.17. The summed E-state index contributed by atoms with van der Waals surface area (Å²) in [5, 5.41) is 0. The molecular formula is C16H13NO3. The molecule has 1 atom stereocenters. The SMILES string of the molecule is O=C1OC(=O)N(Cc2ccccc2)[C@H]1c1ccccc1. The predicted molar refractivity (Wildman–Crippen MR) is 72.7 cm³/mol. The Hall–Kier alpha value is -2.62. The van der Waals surface area contributed by atoms with Gasteiger partial charge in [-0.2, -0.15) is 0 Å². The predicted octanol–water partition coefficient (Wildman–Crippen LogP) is 2.91. The van der Waals surface area contributed by atoms with E-state index in [-0.39, 0.29) is 0 Å². The van der Waals surface area contributed by atoms with E-state index in [0.717, 1.165) is 11.1 Å². The van der Waals surface area contributed by atoms with Crippen LogP contribution in [-0.4, -0.2) is 17.0 Å². The third-order valence-electron chi connectivity index (χ3n) is 3.27. The molecule has 0 aliphatic carbocycles. The summed E-state index contributed by atoms with van der Waals surface area (Å²) in [5.41, 5.74) is 1.72. The Labute approximate surface area is 116 Å². The fourth-order valence-electron chi connectivity index (χ4n) is 2.32. The summed E-state index contributed by atoms with van der Waals surface area (Å²) < 4.78 is 4.76. The van der Waals surface area contributed by atoms with Crippen LogP contribution in [0.25, 0.3) is 0 Å². The number of rotatable bonds is 3. The molecule has 2 aromatic rings. The number of nitrogens with zero attached hydrogens (tertiary/aromatic N) is 1. The largest absolute Gasteiger partial charge is 0.418 e. The topological polar surface area (TPSA) is 46.6 Å². The van der Waals surface area contributed by atoms with Crippen LogP contribution < -0.4 is 0 Å². The minimum absolute atomic E-state index is 0.352. The van der Waals surface area contributed by atoms with E-state index < -0.39 is 18.1 Å². The molecule has 3 rings (SSSR count). The number of carbonyl (C=O) groups is 2. The maximum absolute atomic E-state index is 11.9. The van der Waals surface area contributed by atoms with E-state index >= 15 is 0 Å². The third kappa shape index (κ3) is 2.28. The van der Waals surface area contributed by atoms with Crippen molar-refractivity contribution in [3.05, 3.63) is 71.8 Å². The Bertz CT molecular complexity index is 625. The van der Waals surface area contributed by atoms with Gasteiger partial charge in [0.05, 0.1) is 6.54 Å². The minimum Gasteiger partial charge on any atom is -0.374 e. The number of hydrogen-bond donors (Lipinski definition) is 0. The van der Waals surface area contributed by atoms with Crippen LogP contribution in [0.3, 0.4) is 0 Å². The van der Waals surface area contributed by atoms with E-state index in [1.807, 2.05) is 60.7 Å². The number of amides is 1. The Morgan fingerprint density at radius 2 is 1.50 bits per heavy atom. The Morgan fingerprint density at radius 1 is 0.900 bits per heavy atom. The number of carbonyl (C=O) groups excluding carboxylic acids is 2. The maximum atomic E-state index is 11.9. The first-order valence-corrected chi connectivity index (χ1v) is 6.37. The molecule has 4 heteroatoms. The summed E-state index contributed by atoms with van der Waals surface area (Å²) in [6, 6.07) is 18.1. The monoisotopic (exact) mass is 267 g/mol. The fraction of sp³-hybridized carbons (Fsp3) is 0.125. The quantitative estimate of drug-likeness (QED) is 0.634. The van der Waals surface area contributed by atoms with Gasteiger partial charge in [0.2, 0.25) is 0 Å². The van der Waals surface area contributed by atoms with Crippen molar-refractivity contribution < 1.29 is 14.3 Å². The zero-order valence-corrected chi connectivity index (χ0v) is 10.7. The van der Waals surface area contributed by atoms with Gasteiger partial charge in [-0.3, -0.25) is 4.90 Å². The van der Waals surface area contributed by atoms with Crippen molar-refractivity contribution in [2.75, 3.05) is 0 Å². The van der Waals surface area contributed by atoms with E-state index in [1.165, 1.54) is 4.90 Å². The van der Waals surface area contributed by atoms with E-state index in [2.05, 4.69) is 0 Å². The summed E-state index contributed by atoms with van der Waals surface area (Å²) in [5.74, 6) is -0.517. The van der Waals surface area contributed by atoms with Gasteiger partial charge in [-0.25, -0.2) is 9.59 Å². The normalized spacial score (nSPS) is 18.2. The summed E-state index contributed by atoms with van der Waals surface area (Å²) in [4.78, 5) is 25.2. The highest BCUT2D eigenvalue weighted by Gasteiger charge is 2.41. The lowest BCUT2D eigenvalue weighted by atomic mass is 10.1. The Kier molecular flexibility index (Phi) is 3.21. The number of cyclic esters (lactones) is 2. The number of esters is 1. The smallest absolute Gasteiger partial charge is 0.374 e. The highest BCUT2D eigenvalue weighted by atomic mass is 16.6. The minimum atomic E-state index is -0.663. The lowest BCUT2D eigenvalue weighted by Crippen LogP contribution is -2.27. The molecule has 1 heterocycles. The first-order valence-electron chi connectivity index (χ1n) is 6.37. The highest BCUT2D eigenvalue weighted by molar-refractivity contribution is 5.96. The second-order valence-electron chi connectivity index (χ2n) is 4.61. The molecule has 0 bridgehead atoms. The van der Waals surface area contributed by atoms with Crippen LogP contribution in [0, 0.1) is 0 Å². The van der Waals surface area contributed by atoms with Crippen molar-refractivity contribution in [2.24, 2.45) is 0 Å². The summed E-state index contributed by atoms with van der Waals surface area (Å²) in [6.45, 7) is 0.352. The van der Waals surface area contributed by atoms with Crippen molar-refractivity contribution in [2.45, 2.75) is 12.6 Å². The third-order valence-corrected chi connectivity index (χ3v) is 3.27. The van der Waals surface area contributed by atoms with E-state index in [9.17, 15) is 9.59 Å². The Morgan fingerprint density at radius 3 is 2.15 bits per heavy atom.